The Hall–Kier alpha value is -3.39. The minimum atomic E-state index is -3.99. The van der Waals surface area contributed by atoms with E-state index in [1.165, 1.54) is 31.2 Å². The van der Waals surface area contributed by atoms with Crippen LogP contribution in [0.1, 0.15) is 55.5 Å². The third kappa shape index (κ3) is 8.29. The second-order valence-electron chi connectivity index (χ2n) is 17.6. The number of nitrogens with one attached hydrogen (secondary N) is 3. The van der Waals surface area contributed by atoms with Crippen molar-refractivity contribution in [1.82, 2.24) is 30.2 Å². The van der Waals surface area contributed by atoms with Gasteiger partial charge in [0.25, 0.3) is 6.01 Å². The summed E-state index contributed by atoms with van der Waals surface area (Å²) in [6.07, 6.45) is -12.5. The molecular weight excluding hydrogens is 954 g/mol. The summed E-state index contributed by atoms with van der Waals surface area (Å²) in [5.74, 6) is -4.58. The molecule has 29 heteroatoms. The number of hydrogen-bond donors (Lipinski definition) is 12. The number of amides is 1. The van der Waals surface area contributed by atoms with Crippen LogP contribution < -0.4 is 21.1 Å². The predicted octanol–water partition coefficient (Wildman–Crippen LogP) is -2.37. The fraction of sp³-hybridized carbons (Fsp3) is 0.711. The van der Waals surface area contributed by atoms with Gasteiger partial charge in [-0.05, 0) is 51.4 Å². The van der Waals surface area contributed by atoms with Gasteiger partial charge in [-0.2, -0.15) is 4.98 Å². The van der Waals surface area contributed by atoms with Crippen LogP contribution in [0.25, 0.3) is 11.2 Å². The molecule has 1 saturated carbocycles. The number of aliphatic hydroxyl groups excluding tert-OH is 7. The van der Waals surface area contributed by atoms with Gasteiger partial charge in [-0.15, -0.1) is 11.8 Å². The molecular formula is C38H52N7O19PS2. The van der Waals surface area contributed by atoms with Crippen molar-refractivity contribution in [2.24, 2.45) is 0 Å². The van der Waals surface area contributed by atoms with E-state index in [-0.39, 0.29) is 52.8 Å². The molecule has 370 valence electrons. The van der Waals surface area contributed by atoms with Gasteiger partial charge in [-0.25, -0.2) is 9.78 Å². The number of ether oxygens (including phenoxy) is 5. The van der Waals surface area contributed by atoms with Crippen molar-refractivity contribution >= 4 is 60.6 Å². The van der Waals surface area contributed by atoms with E-state index in [4.69, 9.17) is 55.1 Å². The number of nitrogens with zero attached hydrogens (tertiary/aromatic N) is 3. The van der Waals surface area contributed by atoms with Gasteiger partial charge in [0, 0.05) is 17.3 Å². The van der Waals surface area contributed by atoms with E-state index in [0.717, 1.165) is 7.11 Å². The standard InChI is InChI=1S/C38H52N7O19PS2/c1-36(55)26(51)30(45-13-42-21-27(45)44-35(39)62-33(21)66)67-37(36)6-15(7-37)65(56)58-11-14-9-41-29(16(14)12-59-65)64-38(34(54)57-2)8-18(47)20(43-28(52)17-4-3-5-40-17)25(63-38)22(48)19(10-46)60-32-24(50)23(49)31(53)61-32/h9,13,15,17-20,22-26,30-32,40-41,46-51,53,55H,3-8,10-12H2,1-2H3,(H2,39,44)(H,43,52)/t15?,17-,18+,19-,20-,22-,23-,24+,25-,26?,30?,31-,32-,36?,37?,38-,65?/m1/s1. The van der Waals surface area contributed by atoms with Gasteiger partial charge < -0.3 is 99.4 Å². The number of aromatic nitrogens is 4. The fourth-order valence-electron chi connectivity index (χ4n) is 9.60. The van der Waals surface area contributed by atoms with Crippen molar-refractivity contribution in [2.45, 2.75) is 147 Å². The number of carbonyl (C=O) groups is 2. The molecule has 1 amide bonds. The zero-order chi connectivity index (χ0) is 48.0. The van der Waals surface area contributed by atoms with Gasteiger partial charge >= 0.3 is 19.4 Å². The molecule has 6 aliphatic rings. The number of nitrogen functional groups attached to an aromatic ring is 1. The molecule has 1 aliphatic carbocycles. The summed E-state index contributed by atoms with van der Waals surface area (Å²) in [6.45, 7) is 0.343. The van der Waals surface area contributed by atoms with Crippen LogP contribution in [-0.2, 0) is 55.4 Å². The van der Waals surface area contributed by atoms with Crippen LogP contribution in [-0.4, -0.2) is 182 Å². The van der Waals surface area contributed by atoms with Crippen molar-refractivity contribution < 1.29 is 92.2 Å². The summed E-state index contributed by atoms with van der Waals surface area (Å²) in [5.41, 5.74) is 4.46. The van der Waals surface area contributed by atoms with E-state index < -0.39 is 134 Å². The van der Waals surface area contributed by atoms with Gasteiger partial charge in [-0.3, -0.25) is 13.9 Å². The first-order valence-electron chi connectivity index (χ1n) is 21.4. The molecule has 9 rings (SSSR count). The minimum absolute atomic E-state index is 0.00180. The average Bonchev–Trinajstić information content (AvgIpc) is 4.10. The van der Waals surface area contributed by atoms with Crippen LogP contribution in [0.5, 0.6) is 5.88 Å². The Morgan fingerprint density at radius 3 is 2.58 bits per heavy atom. The Bertz CT molecular complexity index is 2470. The highest BCUT2D eigenvalue weighted by atomic mass is 32.2. The zero-order valence-electron chi connectivity index (χ0n) is 35.8. The number of methoxy groups -OCH3 is 1. The molecule has 4 saturated heterocycles. The first-order chi connectivity index (χ1) is 31.7. The van der Waals surface area contributed by atoms with Crippen LogP contribution >= 0.6 is 31.6 Å². The van der Waals surface area contributed by atoms with Gasteiger partial charge in [-0.1, -0.05) is 0 Å². The number of fused-ring (bicyclic) bond motifs is 2. The van der Waals surface area contributed by atoms with E-state index in [1.807, 2.05) is 0 Å². The summed E-state index contributed by atoms with van der Waals surface area (Å²) < 4.78 is 60.5. The van der Waals surface area contributed by atoms with Gasteiger partial charge in [0.2, 0.25) is 16.5 Å². The number of nitrogens with two attached hydrogens (primary N) is 1. The summed E-state index contributed by atoms with van der Waals surface area (Å²) in [5, 5.41) is 92.5. The number of carbonyl (C=O) groups excluding carboxylic acids is 2. The number of aliphatic hydroxyl groups is 8. The van der Waals surface area contributed by atoms with Gasteiger partial charge in [0.1, 0.15) is 47.6 Å². The average molecular weight is 1010 g/mol. The molecule has 5 fully saturated rings. The van der Waals surface area contributed by atoms with E-state index in [0.29, 0.717) is 24.9 Å². The van der Waals surface area contributed by atoms with Crippen LogP contribution in [0.2, 0.25) is 0 Å². The summed E-state index contributed by atoms with van der Waals surface area (Å²) in [6, 6.07) is -2.38. The molecule has 5 aliphatic heterocycles. The van der Waals surface area contributed by atoms with Crippen molar-refractivity contribution in [1.29, 1.82) is 0 Å². The number of hydrogen-bond acceptors (Lipinski definition) is 25. The third-order valence-electron chi connectivity index (χ3n) is 13.6. The van der Waals surface area contributed by atoms with Crippen LogP contribution in [0, 0.1) is 4.71 Å². The molecule has 67 heavy (non-hydrogen) atoms. The first kappa shape index (κ1) is 48.6. The maximum Gasteiger partial charge on any atom is 0.379 e. The SMILES string of the molecule is COC(=O)[C@]1(Oc2[nH]cc3c2COP(=O)(C2CC4(C2)SC(n2cnc5c(=S)oc(N)nc52)C(O)C4(C)O)OC3)C[C@H](O)[C@@H](NC(=O)[C@H]2CCCN2)[C@H]([C@H](O)[C@@H](CO)O[C@@H]2O[C@@H](O)[C@H](O)[C@@H]2O)O1. The second kappa shape index (κ2) is 18.1. The number of esters is 1. The highest BCUT2D eigenvalue weighted by molar-refractivity contribution is 8.01. The Labute approximate surface area is 388 Å². The largest absolute Gasteiger partial charge is 0.464 e. The molecule has 13 N–H and O–H groups in total. The lowest BCUT2D eigenvalue weighted by molar-refractivity contribution is -0.298. The predicted molar refractivity (Wildman–Crippen MR) is 227 cm³/mol. The molecule has 3 aromatic rings. The molecule has 26 nitrogen and oxygen atoms in total. The highest BCUT2D eigenvalue weighted by Gasteiger charge is 2.70. The van der Waals surface area contributed by atoms with Crippen molar-refractivity contribution in [2.75, 3.05) is 26.0 Å². The second-order valence-corrected chi connectivity index (χ2v) is 21.8. The third-order valence-corrected chi connectivity index (χ3v) is 18.0. The maximum atomic E-state index is 14.6. The summed E-state index contributed by atoms with van der Waals surface area (Å²) in [4.78, 5) is 38.6. The number of H-pyrrole nitrogens is 1. The van der Waals surface area contributed by atoms with Gasteiger partial charge in [0.15, 0.2) is 23.7 Å². The number of rotatable bonds is 12. The van der Waals surface area contributed by atoms with Crippen molar-refractivity contribution in [3.63, 3.8) is 0 Å². The smallest absolute Gasteiger partial charge is 0.379 e. The Morgan fingerprint density at radius 1 is 1.16 bits per heavy atom. The quantitative estimate of drug-likeness (QED) is 0.0513. The number of anilines is 1. The molecule has 0 radical (unpaired) electrons. The molecule has 8 heterocycles. The number of thioether (sulfide) groups is 1. The fourth-order valence-corrected chi connectivity index (χ4v) is 14.3. The van der Waals surface area contributed by atoms with Gasteiger partial charge in [0.05, 0.1) is 68.3 Å². The van der Waals surface area contributed by atoms with E-state index in [2.05, 4.69) is 25.6 Å². The summed E-state index contributed by atoms with van der Waals surface area (Å²) >= 11 is 6.48. The first-order valence-corrected chi connectivity index (χ1v) is 24.3. The van der Waals surface area contributed by atoms with Crippen LogP contribution in [0.3, 0.4) is 0 Å². The van der Waals surface area contributed by atoms with E-state index >= 15 is 0 Å². The lowest BCUT2D eigenvalue weighted by Crippen LogP contribution is -2.70. The Balaban J connectivity index is 0.937. The highest BCUT2D eigenvalue weighted by Crippen LogP contribution is 2.73. The monoisotopic (exact) mass is 1010 g/mol. The van der Waals surface area contributed by atoms with E-state index in [9.17, 15) is 55.0 Å². The van der Waals surface area contributed by atoms with Crippen LogP contribution in [0.4, 0.5) is 6.01 Å². The molecule has 0 aromatic carbocycles. The number of aromatic amines is 1. The Morgan fingerprint density at radius 2 is 1.91 bits per heavy atom. The molecule has 1 spiro atoms. The van der Waals surface area contributed by atoms with Crippen molar-refractivity contribution in [3.05, 3.63) is 28.4 Å². The zero-order valence-corrected chi connectivity index (χ0v) is 38.3. The molecule has 0 bridgehead atoms. The molecule has 15 atom stereocenters. The Kier molecular flexibility index (Phi) is 13.1. The lowest BCUT2D eigenvalue weighted by Gasteiger charge is -2.52. The summed E-state index contributed by atoms with van der Waals surface area (Å²) in [7, 11) is -2.98. The molecule has 3 aromatic heterocycles. The normalized spacial score (nSPS) is 40.5. The minimum Gasteiger partial charge on any atom is -0.464 e. The van der Waals surface area contributed by atoms with Crippen LogP contribution in [0.15, 0.2) is 16.9 Å². The maximum absolute atomic E-state index is 14.6. The lowest BCUT2D eigenvalue weighted by atomic mass is 9.70. The number of imidazole rings is 1. The van der Waals surface area contributed by atoms with E-state index in [1.54, 1.807) is 4.57 Å². The topological polar surface area (TPSA) is 387 Å². The van der Waals surface area contributed by atoms with Crippen molar-refractivity contribution in [3.8, 4) is 5.88 Å². The molecule has 4 unspecified atom stereocenters.